The number of aromatic amines is 1. The molecule has 118 valence electrons. The normalized spacial score (nSPS) is 11.0. The van der Waals surface area contributed by atoms with Crippen molar-refractivity contribution in [2.45, 2.75) is 6.42 Å². The Morgan fingerprint density at radius 2 is 2.00 bits per heavy atom. The van der Waals surface area contributed by atoms with E-state index < -0.39 is 0 Å². The zero-order valence-corrected chi connectivity index (χ0v) is 12.5. The Labute approximate surface area is 135 Å². The van der Waals surface area contributed by atoms with Crippen molar-refractivity contribution in [2.75, 3.05) is 0 Å². The lowest BCUT2D eigenvalue weighted by molar-refractivity contribution is 0.613. The molecule has 0 aliphatic rings. The summed E-state index contributed by atoms with van der Waals surface area (Å²) in [4.78, 5) is 27.1. The van der Waals surface area contributed by atoms with Gasteiger partial charge in [-0.3, -0.25) is 4.79 Å². The van der Waals surface area contributed by atoms with Crippen molar-refractivity contribution in [2.24, 2.45) is 0 Å². The molecule has 1 N–H and O–H groups in total. The minimum Gasteiger partial charge on any atom is -0.305 e. The third kappa shape index (κ3) is 2.56. The molecule has 0 radical (unpaired) electrons. The number of rotatable bonds is 3. The summed E-state index contributed by atoms with van der Waals surface area (Å²) < 4.78 is 15.7. The molecule has 1 aromatic carbocycles. The van der Waals surface area contributed by atoms with Gasteiger partial charge in [-0.15, -0.1) is 0 Å². The highest BCUT2D eigenvalue weighted by Crippen LogP contribution is 2.19. The number of benzene rings is 1. The number of hydrogen-bond acceptors (Lipinski definition) is 4. The van der Waals surface area contributed by atoms with E-state index in [1.54, 1.807) is 41.2 Å². The van der Waals surface area contributed by atoms with Crippen LogP contribution < -0.4 is 5.56 Å². The van der Waals surface area contributed by atoms with Crippen molar-refractivity contribution in [1.29, 1.82) is 0 Å². The number of H-pyrrole nitrogens is 1. The third-order valence-corrected chi connectivity index (χ3v) is 3.67. The molecule has 24 heavy (non-hydrogen) atoms. The predicted molar refractivity (Wildman–Crippen MR) is 86.0 cm³/mol. The van der Waals surface area contributed by atoms with E-state index in [4.69, 9.17) is 0 Å². The number of aromatic nitrogens is 5. The molecule has 0 atom stereocenters. The first-order valence-corrected chi connectivity index (χ1v) is 7.32. The van der Waals surface area contributed by atoms with Gasteiger partial charge in [0.1, 0.15) is 11.5 Å². The van der Waals surface area contributed by atoms with Gasteiger partial charge in [0, 0.05) is 37.3 Å². The summed E-state index contributed by atoms with van der Waals surface area (Å²) in [5.41, 5.74) is 2.00. The smallest absolute Gasteiger partial charge is 0.251 e. The Morgan fingerprint density at radius 3 is 2.83 bits per heavy atom. The zero-order chi connectivity index (χ0) is 16.5. The van der Waals surface area contributed by atoms with Gasteiger partial charge < -0.3 is 9.38 Å². The summed E-state index contributed by atoms with van der Waals surface area (Å²) in [6.45, 7) is 0. The van der Waals surface area contributed by atoms with Crippen LogP contribution >= 0.6 is 0 Å². The van der Waals surface area contributed by atoms with Crippen molar-refractivity contribution in [3.8, 4) is 11.5 Å². The first kappa shape index (κ1) is 14.3. The molecule has 0 unspecified atom stereocenters. The number of fused-ring (bicyclic) bond motifs is 1. The van der Waals surface area contributed by atoms with E-state index in [0.717, 1.165) is 0 Å². The Balaban J connectivity index is 1.87. The van der Waals surface area contributed by atoms with E-state index in [-0.39, 0.29) is 17.8 Å². The first-order valence-electron chi connectivity index (χ1n) is 7.32. The number of halogens is 1. The van der Waals surface area contributed by atoms with E-state index in [2.05, 4.69) is 19.9 Å². The van der Waals surface area contributed by atoms with Gasteiger partial charge in [0.2, 0.25) is 0 Å². The highest BCUT2D eigenvalue weighted by atomic mass is 19.1. The average Bonchev–Trinajstić information content (AvgIpc) is 3.06. The number of hydrogen-bond donors (Lipinski definition) is 1. The maximum atomic E-state index is 14.0. The van der Waals surface area contributed by atoms with Gasteiger partial charge >= 0.3 is 0 Å². The molecular weight excluding hydrogens is 309 g/mol. The summed E-state index contributed by atoms with van der Waals surface area (Å²) in [5.74, 6) is 0.0635. The van der Waals surface area contributed by atoms with E-state index in [9.17, 15) is 9.18 Å². The predicted octanol–water partition coefficient (Wildman–Crippen LogP) is 2.21. The van der Waals surface area contributed by atoms with Crippen LogP contribution in [0, 0.1) is 5.82 Å². The molecular formula is C17H12FN5O. The summed E-state index contributed by atoms with van der Waals surface area (Å²) in [6.07, 6.45) is 6.85. The topological polar surface area (TPSA) is 75.9 Å². The molecule has 0 spiro atoms. The van der Waals surface area contributed by atoms with Crippen molar-refractivity contribution in [3.05, 3.63) is 82.5 Å². The lowest BCUT2D eigenvalue weighted by Gasteiger charge is -2.08. The molecule has 3 heterocycles. The Hall–Kier alpha value is -3.35. The molecule has 0 saturated heterocycles. The molecule has 4 rings (SSSR count). The highest BCUT2D eigenvalue weighted by Gasteiger charge is 2.12. The number of nitrogens with one attached hydrogen (secondary N) is 1. The van der Waals surface area contributed by atoms with Crippen molar-refractivity contribution < 1.29 is 4.39 Å². The van der Waals surface area contributed by atoms with Crippen molar-refractivity contribution in [3.63, 3.8) is 0 Å². The lowest BCUT2D eigenvalue weighted by atomic mass is 10.1. The fourth-order valence-electron chi connectivity index (χ4n) is 2.55. The maximum absolute atomic E-state index is 14.0. The fourth-order valence-corrected chi connectivity index (χ4v) is 2.55. The molecule has 4 aromatic rings. The monoisotopic (exact) mass is 321 g/mol. The minimum absolute atomic E-state index is 0.261. The van der Waals surface area contributed by atoms with Crippen LogP contribution in [0.3, 0.4) is 0 Å². The molecule has 7 heteroatoms. The van der Waals surface area contributed by atoms with Crippen molar-refractivity contribution >= 4 is 5.65 Å². The molecule has 0 amide bonds. The second-order valence-corrected chi connectivity index (χ2v) is 5.28. The molecule has 0 aliphatic carbocycles. The molecule has 0 fully saturated rings. The van der Waals surface area contributed by atoms with Crippen LogP contribution in [0.2, 0.25) is 0 Å². The largest absolute Gasteiger partial charge is 0.305 e. The molecule has 3 aromatic heterocycles. The molecule has 6 nitrogen and oxygen atoms in total. The first-order chi connectivity index (χ1) is 11.7. The summed E-state index contributed by atoms with van der Waals surface area (Å²) in [6, 6.07) is 7.89. The second-order valence-electron chi connectivity index (χ2n) is 5.28. The quantitative estimate of drug-likeness (QED) is 0.628. The fraction of sp³-hybridized carbons (Fsp3) is 0.0588. The Morgan fingerprint density at radius 1 is 1.12 bits per heavy atom. The van der Waals surface area contributed by atoms with Crippen LogP contribution in [0.25, 0.3) is 17.2 Å². The van der Waals surface area contributed by atoms with Crippen LogP contribution in [0.15, 0.2) is 59.9 Å². The Kier molecular flexibility index (Phi) is 3.38. The van der Waals surface area contributed by atoms with Crippen LogP contribution in [0.5, 0.6) is 0 Å². The van der Waals surface area contributed by atoms with Gasteiger partial charge in [-0.2, -0.15) is 0 Å². The third-order valence-electron chi connectivity index (χ3n) is 3.67. The van der Waals surface area contributed by atoms with E-state index in [1.807, 2.05) is 0 Å². The van der Waals surface area contributed by atoms with Gasteiger partial charge in [0.25, 0.3) is 5.56 Å². The summed E-state index contributed by atoms with van der Waals surface area (Å²) >= 11 is 0. The van der Waals surface area contributed by atoms with E-state index >= 15 is 0 Å². The number of nitrogens with zero attached hydrogens (tertiary/aromatic N) is 4. The van der Waals surface area contributed by atoms with Gasteiger partial charge in [0.15, 0.2) is 11.5 Å². The van der Waals surface area contributed by atoms with Crippen LogP contribution in [-0.2, 0) is 6.42 Å². The SMILES string of the molecule is O=c1ccnc(-c2cn3ccnc3c(Cc3ccccc3F)n2)[nH]1. The minimum atomic E-state index is -0.291. The molecule has 0 saturated carbocycles. The Bertz CT molecular complexity index is 1090. The van der Waals surface area contributed by atoms with Gasteiger partial charge in [-0.1, -0.05) is 18.2 Å². The number of imidazole rings is 1. The van der Waals surface area contributed by atoms with Gasteiger partial charge in [-0.25, -0.2) is 19.3 Å². The second kappa shape index (κ2) is 5.69. The highest BCUT2D eigenvalue weighted by molar-refractivity contribution is 5.55. The van der Waals surface area contributed by atoms with E-state index in [0.29, 0.717) is 28.4 Å². The van der Waals surface area contributed by atoms with Crippen LogP contribution in [0.4, 0.5) is 4.39 Å². The van der Waals surface area contributed by atoms with E-state index in [1.165, 1.54) is 18.3 Å². The zero-order valence-electron chi connectivity index (χ0n) is 12.5. The maximum Gasteiger partial charge on any atom is 0.251 e. The molecule has 0 bridgehead atoms. The average molecular weight is 321 g/mol. The summed E-state index contributed by atoms with van der Waals surface area (Å²) in [7, 11) is 0. The van der Waals surface area contributed by atoms with Crippen LogP contribution in [0.1, 0.15) is 11.3 Å². The standard InChI is InChI=1S/C17H12FN5O/c18-12-4-2-1-3-11(12)9-13-17-20-7-8-23(17)10-14(21-13)16-19-6-5-15(24)22-16/h1-8,10H,9H2,(H,19,22,24). The summed E-state index contributed by atoms with van der Waals surface area (Å²) in [5, 5.41) is 0. The van der Waals surface area contributed by atoms with Crippen LogP contribution in [-0.4, -0.2) is 24.3 Å². The van der Waals surface area contributed by atoms with Gasteiger partial charge in [-0.05, 0) is 11.6 Å². The van der Waals surface area contributed by atoms with Crippen molar-refractivity contribution in [1.82, 2.24) is 24.3 Å². The lowest BCUT2D eigenvalue weighted by Crippen LogP contribution is -2.08. The molecule has 0 aliphatic heterocycles. The van der Waals surface area contributed by atoms with Gasteiger partial charge in [0.05, 0.1) is 5.69 Å².